The van der Waals surface area contributed by atoms with Gasteiger partial charge in [-0.05, 0) is 37.0 Å². The maximum Gasteiger partial charge on any atom is 0.317 e. The molecule has 0 bridgehead atoms. The van der Waals surface area contributed by atoms with Crippen molar-refractivity contribution in [1.82, 2.24) is 10.2 Å². The van der Waals surface area contributed by atoms with Crippen LogP contribution < -0.4 is 5.32 Å². The van der Waals surface area contributed by atoms with Crippen LogP contribution in [0.2, 0.25) is 0 Å². The number of halogens is 1. The van der Waals surface area contributed by atoms with E-state index >= 15 is 0 Å². The maximum absolute atomic E-state index is 13.0. The highest BCUT2D eigenvalue weighted by molar-refractivity contribution is 5.74. The largest absolute Gasteiger partial charge is 0.395 e. The first-order valence-corrected chi connectivity index (χ1v) is 6.60. The Balaban J connectivity index is 1.76. The first kappa shape index (κ1) is 13.8. The highest BCUT2D eigenvalue weighted by Crippen LogP contribution is 2.26. The van der Waals surface area contributed by atoms with Gasteiger partial charge < -0.3 is 15.3 Å². The van der Waals surface area contributed by atoms with Crippen molar-refractivity contribution in [2.24, 2.45) is 0 Å². The van der Waals surface area contributed by atoms with Crippen molar-refractivity contribution in [3.8, 4) is 0 Å². The average molecular weight is 266 g/mol. The van der Waals surface area contributed by atoms with E-state index in [1.165, 1.54) is 12.1 Å². The number of urea groups is 1. The summed E-state index contributed by atoms with van der Waals surface area (Å²) in [5.41, 5.74) is 0.862. The summed E-state index contributed by atoms with van der Waals surface area (Å²) in [6.07, 6.45) is 2.62. The van der Waals surface area contributed by atoms with Gasteiger partial charge in [0.25, 0.3) is 0 Å². The van der Waals surface area contributed by atoms with E-state index in [1.807, 2.05) is 6.07 Å². The van der Waals surface area contributed by atoms with Gasteiger partial charge in [0, 0.05) is 19.1 Å². The van der Waals surface area contributed by atoms with Gasteiger partial charge in [0.05, 0.1) is 6.61 Å². The third-order valence-corrected chi connectivity index (χ3v) is 3.17. The van der Waals surface area contributed by atoms with Crippen molar-refractivity contribution in [2.75, 3.05) is 19.7 Å². The topological polar surface area (TPSA) is 52.6 Å². The summed E-state index contributed by atoms with van der Waals surface area (Å²) in [5, 5.41) is 11.7. The van der Waals surface area contributed by atoms with Crippen LogP contribution in [-0.2, 0) is 6.42 Å². The Hall–Kier alpha value is -1.62. The molecular formula is C14H19FN2O2. The summed E-state index contributed by atoms with van der Waals surface area (Å²) < 4.78 is 13.0. The summed E-state index contributed by atoms with van der Waals surface area (Å²) in [6.45, 7) is 0.821. The van der Waals surface area contributed by atoms with Crippen LogP contribution >= 0.6 is 0 Å². The lowest BCUT2D eigenvalue weighted by Crippen LogP contribution is -2.43. The van der Waals surface area contributed by atoms with E-state index in [2.05, 4.69) is 5.32 Å². The van der Waals surface area contributed by atoms with Gasteiger partial charge in [-0.25, -0.2) is 9.18 Å². The highest BCUT2D eigenvalue weighted by atomic mass is 19.1. The molecule has 0 spiro atoms. The van der Waals surface area contributed by atoms with Crippen molar-refractivity contribution >= 4 is 6.03 Å². The van der Waals surface area contributed by atoms with Gasteiger partial charge in [0.1, 0.15) is 5.82 Å². The number of benzene rings is 1. The summed E-state index contributed by atoms with van der Waals surface area (Å²) >= 11 is 0. The normalized spacial score (nSPS) is 14.2. The van der Waals surface area contributed by atoms with E-state index in [0.29, 0.717) is 19.5 Å². The molecule has 5 heteroatoms. The molecule has 0 atom stereocenters. The number of nitrogens with one attached hydrogen (secondary N) is 1. The van der Waals surface area contributed by atoms with Crippen LogP contribution in [0.25, 0.3) is 0 Å². The highest BCUT2D eigenvalue weighted by Gasteiger charge is 2.31. The van der Waals surface area contributed by atoms with Crippen molar-refractivity contribution in [1.29, 1.82) is 0 Å². The Kier molecular flexibility index (Phi) is 4.74. The van der Waals surface area contributed by atoms with Crippen LogP contribution in [0.15, 0.2) is 24.3 Å². The molecule has 2 rings (SSSR count). The predicted molar refractivity (Wildman–Crippen MR) is 70.3 cm³/mol. The molecule has 4 nitrogen and oxygen atoms in total. The number of hydrogen-bond acceptors (Lipinski definition) is 2. The average Bonchev–Trinajstić information content (AvgIpc) is 3.20. The molecule has 0 saturated heterocycles. The van der Waals surface area contributed by atoms with E-state index in [9.17, 15) is 9.18 Å². The minimum Gasteiger partial charge on any atom is -0.395 e. The summed E-state index contributed by atoms with van der Waals surface area (Å²) in [6, 6.07) is 6.50. The number of aliphatic hydroxyl groups is 1. The van der Waals surface area contributed by atoms with E-state index in [1.54, 1.807) is 11.0 Å². The standard InChI is InChI=1S/C14H19FN2O2/c15-12-3-1-2-11(10-12)6-7-16-14(19)17(8-9-18)13-4-5-13/h1-3,10,13,18H,4-9H2,(H,16,19). The molecule has 0 heterocycles. The number of nitrogens with zero attached hydrogens (tertiary/aromatic N) is 1. The molecule has 1 fully saturated rings. The van der Waals surface area contributed by atoms with Crippen molar-refractivity contribution in [2.45, 2.75) is 25.3 Å². The SMILES string of the molecule is O=C(NCCc1cccc(F)c1)N(CCO)C1CC1. The van der Waals surface area contributed by atoms with E-state index in [4.69, 9.17) is 5.11 Å². The molecule has 1 saturated carbocycles. The van der Waals surface area contributed by atoms with Gasteiger partial charge >= 0.3 is 6.03 Å². The molecule has 0 aliphatic heterocycles. The van der Waals surface area contributed by atoms with E-state index in [-0.39, 0.29) is 24.5 Å². The van der Waals surface area contributed by atoms with Gasteiger partial charge in [0.15, 0.2) is 0 Å². The fourth-order valence-electron chi connectivity index (χ4n) is 2.05. The fourth-order valence-corrected chi connectivity index (χ4v) is 2.05. The number of carbonyl (C=O) groups excluding carboxylic acids is 1. The van der Waals surface area contributed by atoms with Crippen LogP contribution in [0.1, 0.15) is 18.4 Å². The lowest BCUT2D eigenvalue weighted by molar-refractivity contribution is 0.174. The van der Waals surface area contributed by atoms with Crippen LogP contribution in [-0.4, -0.2) is 41.8 Å². The molecule has 1 aliphatic carbocycles. The summed E-state index contributed by atoms with van der Waals surface area (Å²) in [7, 11) is 0. The zero-order valence-electron chi connectivity index (χ0n) is 10.8. The molecular weight excluding hydrogens is 247 g/mol. The molecule has 0 unspecified atom stereocenters. The van der Waals surface area contributed by atoms with Crippen LogP contribution in [0.5, 0.6) is 0 Å². The molecule has 2 amide bonds. The number of hydrogen-bond donors (Lipinski definition) is 2. The first-order valence-electron chi connectivity index (χ1n) is 6.60. The second-order valence-corrected chi connectivity index (χ2v) is 4.76. The van der Waals surface area contributed by atoms with Gasteiger partial charge in [-0.2, -0.15) is 0 Å². The van der Waals surface area contributed by atoms with Gasteiger partial charge in [0.2, 0.25) is 0 Å². The fraction of sp³-hybridized carbons (Fsp3) is 0.500. The van der Waals surface area contributed by atoms with Gasteiger partial charge in [-0.3, -0.25) is 0 Å². The summed E-state index contributed by atoms with van der Waals surface area (Å²) in [5.74, 6) is -0.260. The van der Waals surface area contributed by atoms with Crippen molar-refractivity contribution in [3.05, 3.63) is 35.6 Å². The maximum atomic E-state index is 13.0. The molecule has 0 radical (unpaired) electrons. The van der Waals surface area contributed by atoms with Crippen LogP contribution in [0, 0.1) is 5.82 Å². The van der Waals surface area contributed by atoms with Crippen LogP contribution in [0.4, 0.5) is 9.18 Å². The van der Waals surface area contributed by atoms with E-state index < -0.39 is 0 Å². The molecule has 1 aliphatic rings. The van der Waals surface area contributed by atoms with Gasteiger partial charge in [-0.15, -0.1) is 0 Å². The third kappa shape index (κ3) is 4.21. The van der Waals surface area contributed by atoms with Gasteiger partial charge in [-0.1, -0.05) is 12.1 Å². The second kappa shape index (κ2) is 6.52. The number of amides is 2. The molecule has 2 N–H and O–H groups in total. The monoisotopic (exact) mass is 266 g/mol. The molecule has 0 aromatic heterocycles. The quantitative estimate of drug-likeness (QED) is 0.820. The number of aliphatic hydroxyl groups excluding tert-OH is 1. The Bertz CT molecular complexity index is 435. The first-order chi connectivity index (χ1) is 9.20. The Labute approximate surface area is 112 Å². The Morgan fingerprint density at radius 1 is 1.47 bits per heavy atom. The summed E-state index contributed by atoms with van der Waals surface area (Å²) in [4.78, 5) is 13.6. The minimum absolute atomic E-state index is 0.0200. The zero-order chi connectivity index (χ0) is 13.7. The molecule has 19 heavy (non-hydrogen) atoms. The number of rotatable bonds is 6. The molecule has 104 valence electrons. The smallest absolute Gasteiger partial charge is 0.317 e. The lowest BCUT2D eigenvalue weighted by Gasteiger charge is -2.21. The van der Waals surface area contributed by atoms with Crippen molar-refractivity contribution < 1.29 is 14.3 Å². The van der Waals surface area contributed by atoms with Crippen LogP contribution in [0.3, 0.4) is 0 Å². The third-order valence-electron chi connectivity index (χ3n) is 3.17. The minimum atomic E-state index is -0.260. The zero-order valence-corrected chi connectivity index (χ0v) is 10.8. The second-order valence-electron chi connectivity index (χ2n) is 4.76. The molecule has 1 aromatic rings. The van der Waals surface area contributed by atoms with E-state index in [0.717, 1.165) is 18.4 Å². The Morgan fingerprint density at radius 3 is 2.89 bits per heavy atom. The molecule has 1 aromatic carbocycles. The lowest BCUT2D eigenvalue weighted by atomic mass is 10.1. The Morgan fingerprint density at radius 2 is 2.26 bits per heavy atom. The number of carbonyl (C=O) groups is 1. The van der Waals surface area contributed by atoms with Crippen molar-refractivity contribution in [3.63, 3.8) is 0 Å². The predicted octanol–water partition coefficient (Wildman–Crippen LogP) is 1.53.